The molecule has 0 spiro atoms. The number of carbonyl (C=O) groups excluding carboxylic acids is 2. The maximum Gasteiger partial charge on any atom is 0.145 e. The van der Waals surface area contributed by atoms with Crippen molar-refractivity contribution in [3.05, 3.63) is 11.6 Å². The summed E-state index contributed by atoms with van der Waals surface area (Å²) in [6, 6.07) is 0. The molecule has 0 aliphatic heterocycles. The second-order valence-corrected chi connectivity index (χ2v) is 1.47. The van der Waals surface area contributed by atoms with E-state index < -0.39 is 0 Å². The lowest BCUT2D eigenvalue weighted by Crippen LogP contribution is -1.75. The van der Waals surface area contributed by atoms with Crippen molar-refractivity contribution in [2.75, 3.05) is 0 Å². The van der Waals surface area contributed by atoms with Crippen molar-refractivity contribution in [1.82, 2.24) is 0 Å². The van der Waals surface area contributed by atoms with Gasteiger partial charge in [0.1, 0.15) is 12.6 Å². The molecule has 0 aromatic heterocycles. The van der Waals surface area contributed by atoms with Gasteiger partial charge in [-0.15, -0.1) is 0 Å². The number of aldehydes is 2. The third-order valence-corrected chi connectivity index (χ3v) is 0.722. The lowest BCUT2D eigenvalue weighted by molar-refractivity contribution is -0.107. The Balaban J connectivity index is 3.56. The predicted molar refractivity (Wildman–Crippen MR) is 30.5 cm³/mol. The summed E-state index contributed by atoms with van der Waals surface area (Å²) in [5, 5.41) is 0. The van der Waals surface area contributed by atoms with Crippen LogP contribution in [0.3, 0.4) is 0 Å². The molecule has 0 rings (SSSR count). The van der Waals surface area contributed by atoms with Gasteiger partial charge in [0.05, 0.1) is 0 Å². The average molecular weight is 112 g/mol. The van der Waals surface area contributed by atoms with E-state index in [1.54, 1.807) is 13.0 Å². The molecule has 0 heterocycles. The number of rotatable bonds is 3. The Hall–Kier alpha value is -0.920. The first-order valence-electron chi connectivity index (χ1n) is 2.37. The van der Waals surface area contributed by atoms with Crippen molar-refractivity contribution >= 4 is 12.6 Å². The van der Waals surface area contributed by atoms with Crippen LogP contribution in [0.15, 0.2) is 11.6 Å². The van der Waals surface area contributed by atoms with Gasteiger partial charge < -0.3 is 4.79 Å². The summed E-state index contributed by atoms with van der Waals surface area (Å²) in [6.07, 6.45) is 3.40. The molecule has 0 aliphatic carbocycles. The van der Waals surface area contributed by atoms with Gasteiger partial charge in [-0.05, 0) is 12.5 Å². The summed E-state index contributed by atoms with van der Waals surface area (Å²) in [7, 11) is 0. The summed E-state index contributed by atoms with van der Waals surface area (Å²) in [4.78, 5) is 19.5. The quantitative estimate of drug-likeness (QED) is 0.398. The van der Waals surface area contributed by atoms with Crippen molar-refractivity contribution in [2.45, 2.75) is 13.3 Å². The molecule has 0 atom stereocenters. The summed E-state index contributed by atoms with van der Waals surface area (Å²) < 4.78 is 0. The molecule has 0 amide bonds. The Bertz CT molecular complexity index is 114. The Morgan fingerprint density at radius 2 is 2.12 bits per heavy atom. The van der Waals surface area contributed by atoms with Gasteiger partial charge in [-0.1, -0.05) is 6.08 Å². The molecule has 44 valence electrons. The summed E-state index contributed by atoms with van der Waals surface area (Å²) in [6.45, 7) is 1.66. The molecule has 0 fully saturated rings. The van der Waals surface area contributed by atoms with E-state index in [4.69, 9.17) is 0 Å². The first-order valence-corrected chi connectivity index (χ1v) is 2.37. The predicted octanol–water partition coefficient (Wildman–Crippen LogP) is 0.721. The smallest absolute Gasteiger partial charge is 0.145 e. The minimum absolute atomic E-state index is 0.338. The fraction of sp³-hybridized carbons (Fsp3) is 0.333. The van der Waals surface area contributed by atoms with E-state index in [2.05, 4.69) is 0 Å². The minimum Gasteiger partial charge on any atom is -0.303 e. The normalized spacial score (nSPS) is 10.9. The Kier molecular flexibility index (Phi) is 3.76. The molecule has 0 bridgehead atoms. The van der Waals surface area contributed by atoms with Crippen LogP contribution < -0.4 is 0 Å². The van der Waals surface area contributed by atoms with Crippen LogP contribution >= 0.6 is 0 Å². The molecule has 0 N–H and O–H groups in total. The number of carbonyl (C=O) groups is 2. The van der Waals surface area contributed by atoms with E-state index in [0.29, 0.717) is 12.0 Å². The maximum atomic E-state index is 9.83. The zero-order chi connectivity index (χ0) is 6.41. The van der Waals surface area contributed by atoms with Crippen molar-refractivity contribution < 1.29 is 9.59 Å². The number of allylic oxidation sites excluding steroid dienone is 2. The van der Waals surface area contributed by atoms with E-state index in [0.717, 1.165) is 12.6 Å². The van der Waals surface area contributed by atoms with Crippen molar-refractivity contribution in [1.29, 1.82) is 0 Å². The summed E-state index contributed by atoms with van der Waals surface area (Å²) in [5.41, 5.74) is 0.608. The van der Waals surface area contributed by atoms with Crippen LogP contribution in [-0.4, -0.2) is 12.6 Å². The van der Waals surface area contributed by atoms with Crippen LogP contribution in [-0.2, 0) is 9.59 Å². The van der Waals surface area contributed by atoms with E-state index in [9.17, 15) is 9.59 Å². The molecule has 2 nitrogen and oxygen atoms in total. The topological polar surface area (TPSA) is 34.1 Å². The first kappa shape index (κ1) is 7.08. The van der Waals surface area contributed by atoms with Gasteiger partial charge in [0.25, 0.3) is 0 Å². The average Bonchev–Trinajstić information content (AvgIpc) is 1.83. The standard InChI is InChI=1S/C6H8O2/c1-6(5-8)3-2-4-7/h3-5H,2H2,1H3. The van der Waals surface area contributed by atoms with Gasteiger partial charge in [0, 0.05) is 6.42 Å². The Morgan fingerprint density at radius 1 is 1.50 bits per heavy atom. The molecule has 0 unspecified atom stereocenters. The summed E-state index contributed by atoms with van der Waals surface area (Å²) >= 11 is 0. The Morgan fingerprint density at radius 3 is 2.50 bits per heavy atom. The van der Waals surface area contributed by atoms with Crippen molar-refractivity contribution in [2.24, 2.45) is 0 Å². The van der Waals surface area contributed by atoms with Crippen LogP contribution in [0.1, 0.15) is 13.3 Å². The zero-order valence-electron chi connectivity index (χ0n) is 4.76. The molecule has 0 radical (unpaired) electrons. The van der Waals surface area contributed by atoms with E-state index >= 15 is 0 Å². The highest BCUT2D eigenvalue weighted by Crippen LogP contribution is 1.86. The van der Waals surface area contributed by atoms with Gasteiger partial charge in [-0.3, -0.25) is 4.79 Å². The largest absolute Gasteiger partial charge is 0.303 e. The maximum absolute atomic E-state index is 9.83. The fourth-order valence-corrected chi connectivity index (χ4v) is 0.282. The van der Waals surface area contributed by atoms with Crippen LogP contribution in [0.2, 0.25) is 0 Å². The SMILES string of the molecule is CC(C=O)=CCC=O. The molecular formula is C6H8O2. The fourth-order valence-electron chi connectivity index (χ4n) is 0.282. The lowest BCUT2D eigenvalue weighted by Gasteiger charge is -1.79. The van der Waals surface area contributed by atoms with Crippen LogP contribution in [0, 0.1) is 0 Å². The van der Waals surface area contributed by atoms with Crippen LogP contribution in [0.25, 0.3) is 0 Å². The molecule has 0 saturated carbocycles. The van der Waals surface area contributed by atoms with Gasteiger partial charge in [-0.2, -0.15) is 0 Å². The van der Waals surface area contributed by atoms with Gasteiger partial charge in [-0.25, -0.2) is 0 Å². The number of hydrogen-bond acceptors (Lipinski definition) is 2. The second kappa shape index (κ2) is 4.24. The second-order valence-electron chi connectivity index (χ2n) is 1.47. The first-order chi connectivity index (χ1) is 3.81. The van der Waals surface area contributed by atoms with Gasteiger partial charge >= 0.3 is 0 Å². The Labute approximate surface area is 48.2 Å². The molecule has 0 aromatic carbocycles. The number of hydrogen-bond donors (Lipinski definition) is 0. The lowest BCUT2D eigenvalue weighted by atomic mass is 10.3. The highest BCUT2D eigenvalue weighted by molar-refractivity contribution is 5.73. The molecule has 0 aliphatic rings. The van der Waals surface area contributed by atoms with E-state index in [1.165, 1.54) is 0 Å². The van der Waals surface area contributed by atoms with Crippen LogP contribution in [0.4, 0.5) is 0 Å². The molecule has 0 saturated heterocycles. The highest BCUT2D eigenvalue weighted by atomic mass is 16.1. The van der Waals surface area contributed by atoms with Gasteiger partial charge in [0.15, 0.2) is 0 Å². The molecule has 2 heteroatoms. The van der Waals surface area contributed by atoms with Crippen molar-refractivity contribution in [3.63, 3.8) is 0 Å². The van der Waals surface area contributed by atoms with E-state index in [-0.39, 0.29) is 0 Å². The zero-order valence-corrected chi connectivity index (χ0v) is 4.76. The van der Waals surface area contributed by atoms with Crippen LogP contribution in [0.5, 0.6) is 0 Å². The van der Waals surface area contributed by atoms with Crippen molar-refractivity contribution in [3.8, 4) is 0 Å². The molecule has 0 aromatic rings. The third kappa shape index (κ3) is 3.28. The minimum atomic E-state index is 0.338. The third-order valence-electron chi connectivity index (χ3n) is 0.722. The summed E-state index contributed by atoms with van der Waals surface area (Å²) in [5.74, 6) is 0. The highest BCUT2D eigenvalue weighted by Gasteiger charge is 1.79. The molecular weight excluding hydrogens is 104 g/mol. The van der Waals surface area contributed by atoms with Gasteiger partial charge in [0.2, 0.25) is 0 Å². The molecule has 8 heavy (non-hydrogen) atoms. The van der Waals surface area contributed by atoms with E-state index in [1.807, 2.05) is 0 Å². The monoisotopic (exact) mass is 112 g/mol.